The second-order valence-corrected chi connectivity index (χ2v) is 7.89. The molecule has 0 aliphatic carbocycles. The molecule has 0 heterocycles. The van der Waals surface area contributed by atoms with E-state index in [1.54, 1.807) is 38.1 Å². The number of benzene rings is 2. The summed E-state index contributed by atoms with van der Waals surface area (Å²) >= 11 is 3.34. The van der Waals surface area contributed by atoms with E-state index < -0.39 is 23.6 Å². The number of halogens is 1. The molecule has 1 atom stereocenters. The highest BCUT2D eigenvalue weighted by Crippen LogP contribution is 2.42. The molecular formula is C21H22BrNO5. The minimum atomic E-state index is -1.12. The fourth-order valence-electron chi connectivity index (χ4n) is 2.62. The lowest BCUT2D eigenvalue weighted by molar-refractivity contribution is -0.131. The Labute approximate surface area is 172 Å². The second-order valence-electron chi connectivity index (χ2n) is 6.97. The summed E-state index contributed by atoms with van der Waals surface area (Å²) in [4.78, 5) is 23.4. The number of rotatable bonds is 6. The number of aliphatic carboxylic acids is 1. The van der Waals surface area contributed by atoms with Gasteiger partial charge in [-0.3, -0.25) is 5.32 Å². The van der Waals surface area contributed by atoms with Crippen LogP contribution < -0.4 is 5.32 Å². The molecule has 0 saturated carbocycles. The smallest absolute Gasteiger partial charge is 0.412 e. The molecule has 7 heteroatoms. The number of hydrogen-bond donors (Lipinski definition) is 3. The quantitative estimate of drug-likeness (QED) is 0.513. The number of aromatic hydroxyl groups is 1. The summed E-state index contributed by atoms with van der Waals surface area (Å²) < 4.78 is 6.31. The van der Waals surface area contributed by atoms with Crippen LogP contribution in [0.25, 0.3) is 0 Å². The van der Waals surface area contributed by atoms with Gasteiger partial charge >= 0.3 is 12.1 Å². The molecule has 1 amide bonds. The Bertz CT molecular complexity index is 890. The number of nitrogens with one attached hydrogen (secondary N) is 1. The molecular weight excluding hydrogens is 426 g/mol. The highest BCUT2D eigenvalue weighted by Gasteiger charge is 2.34. The van der Waals surface area contributed by atoms with Crippen molar-refractivity contribution in [2.24, 2.45) is 5.41 Å². The van der Waals surface area contributed by atoms with Crippen molar-refractivity contribution in [3.63, 3.8) is 0 Å². The number of phenols is 1. The van der Waals surface area contributed by atoms with Crippen LogP contribution in [0.5, 0.6) is 5.75 Å². The molecule has 0 saturated heterocycles. The van der Waals surface area contributed by atoms with E-state index in [1.807, 2.05) is 19.1 Å². The lowest BCUT2D eigenvalue weighted by atomic mass is 9.81. The molecule has 0 fully saturated rings. The van der Waals surface area contributed by atoms with E-state index in [1.165, 1.54) is 12.1 Å². The fourth-order valence-corrected chi connectivity index (χ4v) is 3.00. The molecule has 0 bridgehead atoms. The molecule has 28 heavy (non-hydrogen) atoms. The average Bonchev–Trinajstić information content (AvgIpc) is 2.62. The van der Waals surface area contributed by atoms with E-state index in [4.69, 9.17) is 9.84 Å². The Kier molecular flexibility index (Phi) is 6.85. The van der Waals surface area contributed by atoms with E-state index in [0.717, 1.165) is 11.6 Å². The molecule has 0 aromatic heterocycles. The molecule has 0 radical (unpaired) electrons. The number of anilines is 1. The molecule has 6 nitrogen and oxygen atoms in total. The highest BCUT2D eigenvalue weighted by molar-refractivity contribution is 9.10. The number of carbonyl (C=O) groups is 2. The lowest BCUT2D eigenvalue weighted by Gasteiger charge is -2.32. The van der Waals surface area contributed by atoms with Crippen molar-refractivity contribution in [1.82, 2.24) is 0 Å². The van der Waals surface area contributed by atoms with E-state index in [-0.39, 0.29) is 5.75 Å². The number of carboxylic acids is 1. The van der Waals surface area contributed by atoms with Crippen LogP contribution in [0.2, 0.25) is 0 Å². The van der Waals surface area contributed by atoms with Gasteiger partial charge in [-0.05, 0) is 37.3 Å². The molecule has 2 aromatic carbocycles. The molecule has 2 rings (SSSR count). The standard InChI is InChI=1S/C21H22BrNO5/c1-13-4-7-15(8-5-13)23-20(27)28-19(21(2,3)11-10-18(25)26)16-12-14(22)6-9-17(16)24/h4-12,19,24H,1-3H3,(H,23,27)(H,25,26)/b11-10+/t19-/m0/s1. The monoisotopic (exact) mass is 447 g/mol. The zero-order valence-electron chi connectivity index (χ0n) is 15.8. The van der Waals surface area contributed by atoms with Crippen LogP contribution in [0.4, 0.5) is 10.5 Å². The molecule has 2 aromatic rings. The molecule has 0 spiro atoms. The van der Waals surface area contributed by atoms with Crippen molar-refractivity contribution in [2.75, 3.05) is 5.32 Å². The van der Waals surface area contributed by atoms with Gasteiger partial charge in [-0.1, -0.05) is 53.5 Å². The summed E-state index contributed by atoms with van der Waals surface area (Å²) in [7, 11) is 0. The van der Waals surface area contributed by atoms with Gasteiger partial charge in [0.05, 0.1) is 0 Å². The third-order valence-corrected chi connectivity index (χ3v) is 4.62. The Morgan fingerprint density at radius 3 is 2.43 bits per heavy atom. The topological polar surface area (TPSA) is 95.9 Å². The number of amides is 1. The molecule has 0 aliphatic heterocycles. The summed E-state index contributed by atoms with van der Waals surface area (Å²) in [5.74, 6) is -1.18. The SMILES string of the molecule is Cc1ccc(NC(=O)O[C@@H](c2cc(Br)ccc2O)C(C)(C)/C=C/C(=O)O)cc1. The fraction of sp³-hybridized carbons (Fsp3) is 0.238. The minimum absolute atomic E-state index is 0.0619. The van der Waals surface area contributed by atoms with Gasteiger partial charge in [0.25, 0.3) is 0 Å². The van der Waals surface area contributed by atoms with Gasteiger partial charge in [0, 0.05) is 27.2 Å². The molecule has 0 unspecified atom stereocenters. The maximum absolute atomic E-state index is 12.5. The Morgan fingerprint density at radius 1 is 1.18 bits per heavy atom. The van der Waals surface area contributed by atoms with Crippen LogP contribution in [0.1, 0.15) is 31.1 Å². The molecule has 3 N–H and O–H groups in total. The van der Waals surface area contributed by atoms with Crippen LogP contribution in [-0.4, -0.2) is 22.3 Å². The first-order valence-corrected chi connectivity index (χ1v) is 9.32. The average molecular weight is 448 g/mol. The van der Waals surface area contributed by atoms with E-state index >= 15 is 0 Å². The van der Waals surface area contributed by atoms with Crippen molar-refractivity contribution >= 4 is 33.7 Å². The maximum Gasteiger partial charge on any atom is 0.412 e. The van der Waals surface area contributed by atoms with Gasteiger partial charge < -0.3 is 14.9 Å². The largest absolute Gasteiger partial charge is 0.508 e. The van der Waals surface area contributed by atoms with Gasteiger partial charge in [0.2, 0.25) is 0 Å². The van der Waals surface area contributed by atoms with Gasteiger partial charge in [-0.25, -0.2) is 9.59 Å². The first-order valence-electron chi connectivity index (χ1n) is 8.53. The number of phenolic OH excluding ortho intramolecular Hbond substituents is 1. The van der Waals surface area contributed by atoms with Gasteiger partial charge in [0.1, 0.15) is 11.9 Å². The zero-order chi connectivity index (χ0) is 20.9. The normalized spacial score (nSPS) is 12.6. The van der Waals surface area contributed by atoms with Crippen molar-refractivity contribution in [1.29, 1.82) is 0 Å². The Morgan fingerprint density at radius 2 is 1.82 bits per heavy atom. The van der Waals surface area contributed by atoms with E-state index in [2.05, 4.69) is 21.2 Å². The maximum atomic E-state index is 12.5. The lowest BCUT2D eigenvalue weighted by Crippen LogP contribution is -2.28. The number of aryl methyl sites for hydroxylation is 1. The summed E-state index contributed by atoms with van der Waals surface area (Å²) in [5.41, 5.74) is 1.05. The summed E-state index contributed by atoms with van der Waals surface area (Å²) in [6, 6.07) is 12.0. The van der Waals surface area contributed by atoms with Crippen LogP contribution >= 0.6 is 15.9 Å². The van der Waals surface area contributed by atoms with Crippen molar-refractivity contribution < 1.29 is 24.5 Å². The van der Waals surface area contributed by atoms with Gasteiger partial charge in [0.15, 0.2) is 0 Å². The Hall–Kier alpha value is -2.80. The van der Waals surface area contributed by atoms with Crippen LogP contribution in [0.3, 0.4) is 0 Å². The zero-order valence-corrected chi connectivity index (χ0v) is 17.4. The number of hydrogen-bond acceptors (Lipinski definition) is 4. The molecule has 148 valence electrons. The predicted octanol–water partition coefficient (Wildman–Crippen LogP) is 5.42. The summed E-state index contributed by atoms with van der Waals surface area (Å²) in [5, 5.41) is 21.9. The number of carbonyl (C=O) groups excluding carboxylic acids is 1. The summed E-state index contributed by atoms with van der Waals surface area (Å²) in [6.07, 6.45) is 0.763. The van der Waals surface area contributed by atoms with Crippen molar-refractivity contribution in [3.05, 3.63) is 70.2 Å². The first kappa shape index (κ1) is 21.5. The van der Waals surface area contributed by atoms with Gasteiger partial charge in [-0.2, -0.15) is 0 Å². The predicted molar refractivity (Wildman–Crippen MR) is 110 cm³/mol. The third kappa shape index (κ3) is 5.85. The van der Waals surface area contributed by atoms with Crippen LogP contribution in [0, 0.1) is 12.3 Å². The van der Waals surface area contributed by atoms with Crippen molar-refractivity contribution in [2.45, 2.75) is 26.9 Å². The van der Waals surface area contributed by atoms with E-state index in [0.29, 0.717) is 15.7 Å². The number of carboxylic acid groups (broad SMARTS) is 1. The Balaban J connectivity index is 2.34. The van der Waals surface area contributed by atoms with E-state index in [9.17, 15) is 14.7 Å². The highest BCUT2D eigenvalue weighted by atomic mass is 79.9. The number of ether oxygens (including phenoxy) is 1. The van der Waals surface area contributed by atoms with Crippen LogP contribution in [0.15, 0.2) is 59.1 Å². The van der Waals surface area contributed by atoms with Crippen molar-refractivity contribution in [3.8, 4) is 5.75 Å². The third-order valence-electron chi connectivity index (χ3n) is 4.13. The van der Waals surface area contributed by atoms with Crippen LogP contribution in [-0.2, 0) is 9.53 Å². The van der Waals surface area contributed by atoms with Gasteiger partial charge in [-0.15, -0.1) is 0 Å². The molecule has 0 aliphatic rings. The summed E-state index contributed by atoms with van der Waals surface area (Å²) in [6.45, 7) is 5.37. The minimum Gasteiger partial charge on any atom is -0.508 e. The second kappa shape index (κ2) is 8.93. The first-order chi connectivity index (χ1) is 13.1.